The molecule has 2 aromatic heterocycles. The molecule has 0 saturated carbocycles. The zero-order valence-electron chi connectivity index (χ0n) is 11.2. The van der Waals surface area contributed by atoms with Crippen molar-refractivity contribution in [3.8, 4) is 5.69 Å². The number of hydrogen-bond donors (Lipinski definition) is 0. The van der Waals surface area contributed by atoms with Crippen LogP contribution in [0.25, 0.3) is 16.7 Å². The molecule has 0 N–H and O–H groups in total. The van der Waals surface area contributed by atoms with Gasteiger partial charge in [-0.25, -0.2) is 9.48 Å². The Balaban J connectivity index is 2.14. The first-order chi connectivity index (χ1) is 10.2. The molecular formula is C14H11ClN4O2. The molecule has 0 atom stereocenters. The number of rotatable bonds is 3. The summed E-state index contributed by atoms with van der Waals surface area (Å²) in [6.45, 7) is 2.09. The van der Waals surface area contributed by atoms with Gasteiger partial charge in [-0.2, -0.15) is 0 Å². The molecule has 106 valence electrons. The van der Waals surface area contributed by atoms with Crippen molar-refractivity contribution < 1.29 is 9.53 Å². The fraction of sp³-hybridized carbons (Fsp3) is 0.143. The Hall–Kier alpha value is -2.47. The number of aromatic nitrogens is 4. The van der Waals surface area contributed by atoms with Crippen molar-refractivity contribution in [2.24, 2.45) is 0 Å². The van der Waals surface area contributed by atoms with Crippen LogP contribution in [0.1, 0.15) is 17.3 Å². The molecule has 0 unspecified atom stereocenters. The van der Waals surface area contributed by atoms with E-state index in [9.17, 15) is 4.79 Å². The SMILES string of the molecule is CCOC(=O)c1ccc2nnn(-c3ccncc3Cl)c2c1. The van der Waals surface area contributed by atoms with E-state index < -0.39 is 0 Å². The third kappa shape index (κ3) is 2.45. The van der Waals surface area contributed by atoms with Gasteiger partial charge in [0.1, 0.15) is 5.52 Å². The second-order valence-electron chi connectivity index (χ2n) is 4.25. The van der Waals surface area contributed by atoms with Crippen LogP contribution in [0.4, 0.5) is 0 Å². The van der Waals surface area contributed by atoms with Gasteiger partial charge in [-0.1, -0.05) is 16.8 Å². The maximum Gasteiger partial charge on any atom is 0.338 e. The van der Waals surface area contributed by atoms with Gasteiger partial charge >= 0.3 is 5.97 Å². The standard InChI is InChI=1S/C14H11ClN4O2/c1-2-21-14(20)9-3-4-11-13(7-9)19(18-17-11)12-5-6-16-8-10(12)15/h3-8H,2H2,1H3. The second kappa shape index (κ2) is 5.49. The second-order valence-corrected chi connectivity index (χ2v) is 4.66. The summed E-state index contributed by atoms with van der Waals surface area (Å²) in [4.78, 5) is 15.8. The zero-order chi connectivity index (χ0) is 14.8. The number of nitrogens with zero attached hydrogens (tertiary/aromatic N) is 4. The predicted molar refractivity (Wildman–Crippen MR) is 77.6 cm³/mol. The van der Waals surface area contributed by atoms with Crippen molar-refractivity contribution in [3.63, 3.8) is 0 Å². The lowest BCUT2D eigenvalue weighted by atomic mass is 10.2. The van der Waals surface area contributed by atoms with Crippen LogP contribution < -0.4 is 0 Å². The van der Waals surface area contributed by atoms with Crippen LogP contribution in [0, 0.1) is 0 Å². The lowest BCUT2D eigenvalue weighted by Crippen LogP contribution is -2.05. The van der Waals surface area contributed by atoms with E-state index in [2.05, 4.69) is 15.3 Å². The number of esters is 1. The van der Waals surface area contributed by atoms with Gasteiger partial charge in [0.25, 0.3) is 0 Å². The minimum Gasteiger partial charge on any atom is -0.462 e. The van der Waals surface area contributed by atoms with Crippen molar-refractivity contribution in [3.05, 3.63) is 47.2 Å². The van der Waals surface area contributed by atoms with Crippen molar-refractivity contribution in [1.29, 1.82) is 0 Å². The van der Waals surface area contributed by atoms with Crippen molar-refractivity contribution >= 4 is 28.6 Å². The number of hydrogen-bond acceptors (Lipinski definition) is 5. The van der Waals surface area contributed by atoms with Crippen LogP contribution in [0.2, 0.25) is 5.02 Å². The van der Waals surface area contributed by atoms with E-state index in [1.165, 1.54) is 6.20 Å². The fourth-order valence-electron chi connectivity index (χ4n) is 1.98. The highest BCUT2D eigenvalue weighted by Crippen LogP contribution is 2.23. The smallest absolute Gasteiger partial charge is 0.338 e. The van der Waals surface area contributed by atoms with Crippen LogP contribution in [-0.2, 0) is 4.74 Å². The highest BCUT2D eigenvalue weighted by molar-refractivity contribution is 6.32. The van der Waals surface area contributed by atoms with Gasteiger partial charge in [0.2, 0.25) is 0 Å². The predicted octanol–water partition coefficient (Wildman–Crippen LogP) is 2.65. The summed E-state index contributed by atoms with van der Waals surface area (Å²) >= 11 is 6.13. The van der Waals surface area contributed by atoms with Gasteiger partial charge in [-0.3, -0.25) is 4.98 Å². The molecule has 0 saturated heterocycles. The molecule has 6 nitrogen and oxygen atoms in total. The Morgan fingerprint density at radius 2 is 2.24 bits per heavy atom. The van der Waals surface area contributed by atoms with Gasteiger partial charge in [-0.15, -0.1) is 5.10 Å². The summed E-state index contributed by atoms with van der Waals surface area (Å²) in [6.07, 6.45) is 3.14. The third-order valence-corrected chi connectivity index (χ3v) is 3.23. The van der Waals surface area contributed by atoms with Crippen LogP contribution in [0.15, 0.2) is 36.7 Å². The van der Waals surface area contributed by atoms with Crippen LogP contribution in [0.5, 0.6) is 0 Å². The summed E-state index contributed by atoms with van der Waals surface area (Å²) in [5.74, 6) is -0.382. The first kappa shape index (κ1) is 13.5. The first-order valence-corrected chi connectivity index (χ1v) is 6.71. The Bertz CT molecular complexity index is 816. The van der Waals surface area contributed by atoms with E-state index in [0.717, 1.165) is 0 Å². The van der Waals surface area contributed by atoms with Crippen LogP contribution >= 0.6 is 11.6 Å². The molecule has 0 aliphatic carbocycles. The molecule has 3 rings (SSSR count). The quantitative estimate of drug-likeness (QED) is 0.696. The van der Waals surface area contributed by atoms with Crippen molar-refractivity contribution in [2.45, 2.75) is 6.92 Å². The highest BCUT2D eigenvalue weighted by atomic mass is 35.5. The molecule has 0 amide bonds. The molecule has 0 aliphatic rings. The number of carbonyl (C=O) groups excluding carboxylic acids is 1. The summed E-state index contributed by atoms with van der Waals surface area (Å²) in [5, 5.41) is 8.59. The van der Waals surface area contributed by atoms with Gasteiger partial charge in [0.15, 0.2) is 0 Å². The van der Waals surface area contributed by atoms with Gasteiger partial charge in [0.05, 0.1) is 28.4 Å². The fourth-order valence-corrected chi connectivity index (χ4v) is 2.18. The molecule has 0 fully saturated rings. The van der Waals surface area contributed by atoms with Crippen LogP contribution in [-0.4, -0.2) is 32.6 Å². The first-order valence-electron chi connectivity index (χ1n) is 6.33. The summed E-state index contributed by atoms with van der Waals surface area (Å²) in [5.41, 5.74) is 2.43. The normalized spacial score (nSPS) is 10.8. The number of pyridine rings is 1. The van der Waals surface area contributed by atoms with E-state index in [0.29, 0.717) is 33.9 Å². The molecule has 0 radical (unpaired) electrons. The van der Waals surface area contributed by atoms with E-state index >= 15 is 0 Å². The van der Waals surface area contributed by atoms with Crippen LogP contribution in [0.3, 0.4) is 0 Å². The Morgan fingerprint density at radius 1 is 1.38 bits per heavy atom. The minimum absolute atomic E-state index is 0.324. The number of ether oxygens (including phenoxy) is 1. The van der Waals surface area contributed by atoms with E-state index in [4.69, 9.17) is 16.3 Å². The lowest BCUT2D eigenvalue weighted by molar-refractivity contribution is 0.0526. The number of carbonyl (C=O) groups is 1. The molecule has 0 spiro atoms. The monoisotopic (exact) mass is 302 g/mol. The lowest BCUT2D eigenvalue weighted by Gasteiger charge is -2.05. The molecule has 7 heteroatoms. The Kier molecular flexibility index (Phi) is 3.53. The Labute approximate surface area is 125 Å². The molecule has 21 heavy (non-hydrogen) atoms. The Morgan fingerprint density at radius 3 is 3.00 bits per heavy atom. The van der Waals surface area contributed by atoms with Crippen molar-refractivity contribution in [1.82, 2.24) is 20.0 Å². The summed E-state index contributed by atoms with van der Waals surface area (Å²) < 4.78 is 6.57. The van der Waals surface area contributed by atoms with Crippen molar-refractivity contribution in [2.75, 3.05) is 6.61 Å². The van der Waals surface area contributed by atoms with Gasteiger partial charge < -0.3 is 4.74 Å². The highest BCUT2D eigenvalue weighted by Gasteiger charge is 2.13. The summed E-state index contributed by atoms with van der Waals surface area (Å²) in [6, 6.07) is 6.80. The third-order valence-electron chi connectivity index (χ3n) is 2.94. The summed E-state index contributed by atoms with van der Waals surface area (Å²) in [7, 11) is 0. The van der Waals surface area contributed by atoms with E-state index in [1.54, 1.807) is 42.1 Å². The van der Waals surface area contributed by atoms with E-state index in [-0.39, 0.29) is 5.97 Å². The number of halogens is 1. The molecule has 0 bridgehead atoms. The van der Waals surface area contributed by atoms with E-state index in [1.807, 2.05) is 0 Å². The molecule has 3 aromatic rings. The molecule has 1 aromatic carbocycles. The molecule has 2 heterocycles. The van der Waals surface area contributed by atoms with Gasteiger partial charge in [0, 0.05) is 12.4 Å². The minimum atomic E-state index is -0.382. The maximum absolute atomic E-state index is 11.8. The average Bonchev–Trinajstić information content (AvgIpc) is 2.91. The maximum atomic E-state index is 11.8. The van der Waals surface area contributed by atoms with Gasteiger partial charge in [-0.05, 0) is 31.2 Å². The number of fused-ring (bicyclic) bond motifs is 1. The average molecular weight is 303 g/mol. The largest absolute Gasteiger partial charge is 0.462 e. The molecule has 0 aliphatic heterocycles. The molecular weight excluding hydrogens is 292 g/mol. The number of benzene rings is 1. The topological polar surface area (TPSA) is 69.9 Å². The zero-order valence-corrected chi connectivity index (χ0v) is 11.9.